The lowest BCUT2D eigenvalue weighted by molar-refractivity contribution is 0.0446. The third kappa shape index (κ3) is 2.65. The first-order valence-corrected chi connectivity index (χ1v) is 6.41. The highest BCUT2D eigenvalue weighted by Crippen LogP contribution is 2.36. The van der Waals surface area contributed by atoms with Crippen molar-refractivity contribution in [2.75, 3.05) is 0 Å². The summed E-state index contributed by atoms with van der Waals surface area (Å²) in [4.78, 5) is 0. The molecule has 0 saturated heterocycles. The van der Waals surface area contributed by atoms with Crippen LogP contribution in [0.15, 0.2) is 24.3 Å². The predicted molar refractivity (Wildman–Crippen MR) is 67.5 cm³/mol. The minimum atomic E-state index is -0.437. The minimum absolute atomic E-state index is 0.437. The van der Waals surface area contributed by atoms with E-state index in [0.29, 0.717) is 5.92 Å². The Kier molecular flexibility index (Phi) is 3.34. The fraction of sp³-hybridized carbons (Fsp3) is 0.600. The topological polar surface area (TPSA) is 20.2 Å². The molecule has 2 unspecified atom stereocenters. The van der Waals surface area contributed by atoms with Gasteiger partial charge in [-0.3, -0.25) is 0 Å². The van der Waals surface area contributed by atoms with Crippen molar-refractivity contribution in [3.63, 3.8) is 0 Å². The van der Waals surface area contributed by atoms with Gasteiger partial charge in [0.1, 0.15) is 0 Å². The number of rotatable bonds is 3. The van der Waals surface area contributed by atoms with Crippen molar-refractivity contribution in [2.24, 2.45) is 5.92 Å². The average molecular weight is 218 g/mol. The molecule has 1 N–H and O–H groups in total. The summed E-state index contributed by atoms with van der Waals surface area (Å²) in [5, 5.41) is 10.4. The number of hydrogen-bond acceptors (Lipinski definition) is 1. The lowest BCUT2D eigenvalue weighted by atomic mass is 9.91. The molecule has 2 atom stereocenters. The van der Waals surface area contributed by atoms with E-state index in [1.54, 1.807) is 0 Å². The van der Waals surface area contributed by atoms with Gasteiger partial charge in [-0.2, -0.15) is 0 Å². The minimum Gasteiger partial charge on any atom is -0.390 e. The maximum Gasteiger partial charge on any atom is 0.0690 e. The van der Waals surface area contributed by atoms with Crippen LogP contribution in [0.25, 0.3) is 0 Å². The molecule has 0 spiro atoms. The molecule has 1 aliphatic carbocycles. The number of hydrogen-bond donors (Lipinski definition) is 1. The highest BCUT2D eigenvalue weighted by molar-refractivity contribution is 5.24. The second-order valence-electron chi connectivity index (χ2n) is 5.42. The van der Waals surface area contributed by atoms with Crippen LogP contribution < -0.4 is 0 Å². The molecule has 1 fully saturated rings. The van der Waals surface area contributed by atoms with E-state index in [2.05, 4.69) is 38.1 Å². The Morgan fingerprint density at radius 2 is 1.88 bits per heavy atom. The molecular weight excluding hydrogens is 196 g/mol. The maximum absolute atomic E-state index is 10.4. The summed E-state index contributed by atoms with van der Waals surface area (Å²) < 4.78 is 0. The third-order valence-corrected chi connectivity index (χ3v) is 3.80. The Balaban J connectivity index is 2.03. The molecule has 0 bridgehead atoms. The van der Waals surface area contributed by atoms with Crippen LogP contribution in [-0.4, -0.2) is 10.7 Å². The summed E-state index contributed by atoms with van der Waals surface area (Å²) in [6.07, 6.45) is 5.00. The molecule has 0 amide bonds. The zero-order chi connectivity index (χ0) is 11.6. The van der Waals surface area contributed by atoms with Gasteiger partial charge in [0, 0.05) is 6.42 Å². The van der Waals surface area contributed by atoms with Crippen LogP contribution in [-0.2, 0) is 12.8 Å². The van der Waals surface area contributed by atoms with Crippen LogP contribution in [0.4, 0.5) is 0 Å². The molecule has 0 aliphatic heterocycles. The van der Waals surface area contributed by atoms with Crippen molar-refractivity contribution in [3.05, 3.63) is 35.4 Å². The molecule has 1 aromatic carbocycles. The van der Waals surface area contributed by atoms with Gasteiger partial charge in [0.2, 0.25) is 0 Å². The van der Waals surface area contributed by atoms with Crippen molar-refractivity contribution >= 4 is 0 Å². The van der Waals surface area contributed by atoms with Crippen LogP contribution in [0.5, 0.6) is 0 Å². The van der Waals surface area contributed by atoms with Crippen molar-refractivity contribution < 1.29 is 5.11 Å². The standard InChI is InChI=1S/C15H22O/c1-3-13-4-6-14(7-5-13)11-15(16)9-8-12(2)10-15/h4-7,12,16H,3,8-11H2,1-2H3. The summed E-state index contributed by atoms with van der Waals surface area (Å²) in [5.74, 6) is 0.680. The third-order valence-electron chi connectivity index (χ3n) is 3.80. The Labute approximate surface area is 98.5 Å². The van der Waals surface area contributed by atoms with Crippen LogP contribution in [0.1, 0.15) is 44.2 Å². The molecule has 16 heavy (non-hydrogen) atoms. The number of aryl methyl sites for hydroxylation is 1. The van der Waals surface area contributed by atoms with Gasteiger partial charge in [0.25, 0.3) is 0 Å². The summed E-state index contributed by atoms with van der Waals surface area (Å²) >= 11 is 0. The van der Waals surface area contributed by atoms with E-state index in [-0.39, 0.29) is 0 Å². The smallest absolute Gasteiger partial charge is 0.0690 e. The predicted octanol–water partition coefficient (Wildman–Crippen LogP) is 3.34. The first kappa shape index (κ1) is 11.7. The van der Waals surface area contributed by atoms with Gasteiger partial charge in [-0.05, 0) is 42.7 Å². The lowest BCUT2D eigenvalue weighted by Gasteiger charge is -2.22. The molecule has 1 aromatic rings. The normalized spacial score (nSPS) is 29.6. The maximum atomic E-state index is 10.4. The number of benzene rings is 1. The SMILES string of the molecule is CCc1ccc(CC2(O)CCC(C)C2)cc1. The molecule has 0 aromatic heterocycles. The Hall–Kier alpha value is -0.820. The van der Waals surface area contributed by atoms with Gasteiger partial charge < -0.3 is 5.11 Å². The lowest BCUT2D eigenvalue weighted by Crippen LogP contribution is -2.27. The van der Waals surface area contributed by atoms with Crippen LogP contribution in [0, 0.1) is 5.92 Å². The molecule has 0 heterocycles. The Morgan fingerprint density at radius 3 is 2.38 bits per heavy atom. The van der Waals surface area contributed by atoms with Crippen molar-refractivity contribution in [2.45, 2.75) is 51.6 Å². The van der Waals surface area contributed by atoms with E-state index in [0.717, 1.165) is 25.7 Å². The fourth-order valence-electron chi connectivity index (χ4n) is 2.80. The van der Waals surface area contributed by atoms with Crippen molar-refractivity contribution in [1.82, 2.24) is 0 Å². The van der Waals surface area contributed by atoms with Crippen LogP contribution >= 0.6 is 0 Å². The van der Waals surface area contributed by atoms with Gasteiger partial charge >= 0.3 is 0 Å². The molecular formula is C15H22O. The summed E-state index contributed by atoms with van der Waals surface area (Å²) in [6.45, 7) is 4.40. The molecule has 1 nitrogen and oxygen atoms in total. The summed E-state index contributed by atoms with van der Waals surface area (Å²) in [6, 6.07) is 8.69. The van der Waals surface area contributed by atoms with Gasteiger partial charge in [0.05, 0.1) is 5.60 Å². The van der Waals surface area contributed by atoms with E-state index in [1.165, 1.54) is 17.5 Å². The fourth-order valence-corrected chi connectivity index (χ4v) is 2.80. The first-order chi connectivity index (χ1) is 7.61. The van der Waals surface area contributed by atoms with Gasteiger partial charge in [0.15, 0.2) is 0 Å². The Bertz CT molecular complexity index is 341. The molecule has 0 radical (unpaired) electrons. The Morgan fingerprint density at radius 1 is 1.25 bits per heavy atom. The van der Waals surface area contributed by atoms with E-state index < -0.39 is 5.60 Å². The van der Waals surface area contributed by atoms with E-state index >= 15 is 0 Å². The second-order valence-corrected chi connectivity index (χ2v) is 5.42. The van der Waals surface area contributed by atoms with E-state index in [4.69, 9.17) is 0 Å². The quantitative estimate of drug-likeness (QED) is 0.825. The average Bonchev–Trinajstić information content (AvgIpc) is 2.59. The second kappa shape index (κ2) is 4.58. The molecule has 1 aliphatic rings. The zero-order valence-electron chi connectivity index (χ0n) is 10.4. The highest BCUT2D eigenvalue weighted by Gasteiger charge is 2.35. The largest absolute Gasteiger partial charge is 0.390 e. The van der Waals surface area contributed by atoms with E-state index in [9.17, 15) is 5.11 Å². The first-order valence-electron chi connectivity index (χ1n) is 6.41. The van der Waals surface area contributed by atoms with Gasteiger partial charge in [-0.15, -0.1) is 0 Å². The zero-order valence-corrected chi connectivity index (χ0v) is 10.4. The monoisotopic (exact) mass is 218 g/mol. The van der Waals surface area contributed by atoms with Crippen molar-refractivity contribution in [3.8, 4) is 0 Å². The summed E-state index contributed by atoms with van der Waals surface area (Å²) in [7, 11) is 0. The highest BCUT2D eigenvalue weighted by atomic mass is 16.3. The molecule has 1 saturated carbocycles. The van der Waals surface area contributed by atoms with Gasteiger partial charge in [-0.25, -0.2) is 0 Å². The molecule has 2 rings (SSSR count). The van der Waals surface area contributed by atoms with Gasteiger partial charge in [-0.1, -0.05) is 38.1 Å². The van der Waals surface area contributed by atoms with Crippen molar-refractivity contribution in [1.29, 1.82) is 0 Å². The molecule has 88 valence electrons. The summed E-state index contributed by atoms with van der Waals surface area (Å²) in [5.41, 5.74) is 2.21. The van der Waals surface area contributed by atoms with Crippen LogP contribution in [0.3, 0.4) is 0 Å². The van der Waals surface area contributed by atoms with Crippen LogP contribution in [0.2, 0.25) is 0 Å². The molecule has 1 heteroatoms. The number of aliphatic hydroxyl groups is 1. The van der Waals surface area contributed by atoms with E-state index in [1.807, 2.05) is 0 Å².